The number of carbonyl (C=O) groups excluding carboxylic acids is 1. The Morgan fingerprint density at radius 3 is 2.25 bits per heavy atom. The lowest BCUT2D eigenvalue weighted by Gasteiger charge is -2.20. The fourth-order valence-electron chi connectivity index (χ4n) is 2.99. The Hall–Kier alpha value is -2.97. The monoisotopic (exact) mass is 470 g/mol. The first-order chi connectivity index (χ1) is 15.2. The highest BCUT2D eigenvalue weighted by Gasteiger charge is 2.21. The first-order valence-corrected chi connectivity index (χ1v) is 12.7. The van der Waals surface area contributed by atoms with E-state index in [1.807, 2.05) is 32.2 Å². The molecule has 0 unspecified atom stereocenters. The van der Waals surface area contributed by atoms with Crippen LogP contribution >= 0.6 is 11.8 Å². The standard InChI is InChI=1S/C24H26N2O4S2/c1-17(2)30-21-7-5-6-19(16-21)25-24(27)18-8-10-20(11-9-18)26(3)32(28,29)23-14-12-22(31-4)13-15-23/h5-17H,1-4H3,(H,25,27). The summed E-state index contributed by atoms with van der Waals surface area (Å²) in [6, 6.07) is 20.3. The first kappa shape index (κ1) is 23.7. The van der Waals surface area contributed by atoms with Crippen molar-refractivity contribution < 1.29 is 17.9 Å². The van der Waals surface area contributed by atoms with Crippen LogP contribution < -0.4 is 14.4 Å². The minimum atomic E-state index is -3.70. The molecule has 0 heterocycles. The number of amides is 1. The molecule has 0 aliphatic heterocycles. The van der Waals surface area contributed by atoms with E-state index in [0.717, 1.165) is 4.90 Å². The molecule has 0 aromatic heterocycles. The van der Waals surface area contributed by atoms with Crippen molar-refractivity contribution in [3.63, 3.8) is 0 Å². The number of hydrogen-bond acceptors (Lipinski definition) is 5. The SMILES string of the molecule is CSc1ccc(S(=O)(=O)N(C)c2ccc(C(=O)Nc3cccc(OC(C)C)c3)cc2)cc1. The van der Waals surface area contributed by atoms with Crippen LogP contribution in [0.4, 0.5) is 11.4 Å². The number of rotatable bonds is 8. The summed E-state index contributed by atoms with van der Waals surface area (Å²) in [5, 5.41) is 2.83. The van der Waals surface area contributed by atoms with Crippen molar-refractivity contribution >= 4 is 39.1 Å². The van der Waals surface area contributed by atoms with E-state index in [1.165, 1.54) is 11.4 Å². The van der Waals surface area contributed by atoms with Gasteiger partial charge in [0.25, 0.3) is 15.9 Å². The molecular weight excluding hydrogens is 444 g/mol. The van der Waals surface area contributed by atoms with E-state index in [-0.39, 0.29) is 16.9 Å². The molecule has 3 aromatic rings. The summed E-state index contributed by atoms with van der Waals surface area (Å²) >= 11 is 1.55. The Bertz CT molecular complexity index is 1180. The molecule has 0 bridgehead atoms. The Morgan fingerprint density at radius 2 is 1.66 bits per heavy atom. The number of hydrogen-bond donors (Lipinski definition) is 1. The van der Waals surface area contributed by atoms with E-state index >= 15 is 0 Å². The topological polar surface area (TPSA) is 75.7 Å². The average Bonchev–Trinajstić information content (AvgIpc) is 2.78. The lowest BCUT2D eigenvalue weighted by atomic mass is 10.2. The molecule has 0 radical (unpaired) electrons. The van der Waals surface area contributed by atoms with Crippen molar-refractivity contribution in [1.82, 2.24) is 0 Å². The molecule has 6 nitrogen and oxygen atoms in total. The number of nitrogens with zero attached hydrogens (tertiary/aromatic N) is 1. The van der Waals surface area contributed by atoms with Gasteiger partial charge in [0.15, 0.2) is 0 Å². The smallest absolute Gasteiger partial charge is 0.264 e. The van der Waals surface area contributed by atoms with E-state index in [9.17, 15) is 13.2 Å². The van der Waals surface area contributed by atoms with Crippen molar-refractivity contribution in [2.75, 3.05) is 22.9 Å². The highest BCUT2D eigenvalue weighted by Crippen LogP contribution is 2.25. The molecule has 168 valence electrons. The number of thioether (sulfide) groups is 1. The maximum Gasteiger partial charge on any atom is 0.264 e. The van der Waals surface area contributed by atoms with Crippen molar-refractivity contribution in [2.45, 2.75) is 29.7 Å². The molecule has 0 saturated heterocycles. The molecule has 3 aromatic carbocycles. The van der Waals surface area contributed by atoms with Gasteiger partial charge in [0.1, 0.15) is 5.75 Å². The third-order valence-corrected chi connectivity index (χ3v) is 7.22. The van der Waals surface area contributed by atoms with Crippen LogP contribution in [0.25, 0.3) is 0 Å². The number of benzene rings is 3. The summed E-state index contributed by atoms with van der Waals surface area (Å²) in [4.78, 5) is 13.8. The normalized spacial score (nSPS) is 11.3. The van der Waals surface area contributed by atoms with Gasteiger partial charge in [-0.05, 0) is 80.8 Å². The highest BCUT2D eigenvalue weighted by molar-refractivity contribution is 7.98. The molecular formula is C24H26N2O4S2. The van der Waals surface area contributed by atoms with Crippen LogP contribution in [0.3, 0.4) is 0 Å². The predicted molar refractivity (Wildman–Crippen MR) is 130 cm³/mol. The molecule has 0 aliphatic rings. The molecule has 0 atom stereocenters. The Balaban J connectivity index is 1.73. The van der Waals surface area contributed by atoms with E-state index < -0.39 is 10.0 Å². The third kappa shape index (κ3) is 5.63. The Morgan fingerprint density at radius 1 is 1.00 bits per heavy atom. The van der Waals surface area contributed by atoms with E-state index in [4.69, 9.17) is 4.74 Å². The van der Waals surface area contributed by atoms with E-state index in [2.05, 4.69) is 5.32 Å². The zero-order valence-corrected chi connectivity index (χ0v) is 20.0. The number of sulfonamides is 1. The predicted octanol–water partition coefficient (Wildman–Crippen LogP) is 5.27. The lowest BCUT2D eigenvalue weighted by molar-refractivity contribution is 0.102. The Labute approximate surface area is 193 Å². The third-order valence-electron chi connectivity index (χ3n) is 4.67. The quantitative estimate of drug-likeness (QED) is 0.454. The minimum absolute atomic E-state index is 0.0326. The maximum absolute atomic E-state index is 12.9. The van der Waals surface area contributed by atoms with Crippen LogP contribution in [0.15, 0.2) is 82.6 Å². The van der Waals surface area contributed by atoms with Crippen LogP contribution in [-0.2, 0) is 10.0 Å². The second-order valence-electron chi connectivity index (χ2n) is 7.34. The van der Waals surface area contributed by atoms with Gasteiger partial charge in [-0.15, -0.1) is 11.8 Å². The minimum Gasteiger partial charge on any atom is -0.491 e. The van der Waals surface area contributed by atoms with Gasteiger partial charge in [0.05, 0.1) is 16.7 Å². The molecule has 0 saturated carbocycles. The summed E-state index contributed by atoms with van der Waals surface area (Å²) in [5.41, 5.74) is 1.49. The zero-order valence-electron chi connectivity index (χ0n) is 18.4. The summed E-state index contributed by atoms with van der Waals surface area (Å²) in [5.74, 6) is 0.377. The van der Waals surface area contributed by atoms with Gasteiger partial charge in [-0.25, -0.2) is 8.42 Å². The van der Waals surface area contributed by atoms with Gasteiger partial charge in [0.2, 0.25) is 0 Å². The van der Waals surface area contributed by atoms with Crippen molar-refractivity contribution in [2.24, 2.45) is 0 Å². The zero-order chi connectivity index (χ0) is 23.3. The molecule has 0 spiro atoms. The highest BCUT2D eigenvalue weighted by atomic mass is 32.2. The van der Waals surface area contributed by atoms with Crippen molar-refractivity contribution in [1.29, 1.82) is 0 Å². The van der Waals surface area contributed by atoms with Gasteiger partial charge in [0, 0.05) is 29.3 Å². The van der Waals surface area contributed by atoms with Gasteiger partial charge in [-0.2, -0.15) is 0 Å². The van der Waals surface area contributed by atoms with Crippen LogP contribution in [-0.4, -0.2) is 33.7 Å². The second-order valence-corrected chi connectivity index (χ2v) is 10.2. The Kier molecular flexibility index (Phi) is 7.48. The summed E-state index contributed by atoms with van der Waals surface area (Å²) in [7, 11) is -2.21. The number of anilines is 2. The molecule has 0 fully saturated rings. The molecule has 0 aliphatic carbocycles. The van der Waals surface area contributed by atoms with Gasteiger partial charge >= 0.3 is 0 Å². The fraction of sp³-hybridized carbons (Fsp3) is 0.208. The summed E-state index contributed by atoms with van der Waals surface area (Å²) < 4.78 is 32.7. The first-order valence-electron chi connectivity index (χ1n) is 10.0. The van der Waals surface area contributed by atoms with Crippen LogP contribution in [0, 0.1) is 0 Å². The summed E-state index contributed by atoms with van der Waals surface area (Å²) in [6.07, 6.45) is 1.97. The fourth-order valence-corrected chi connectivity index (χ4v) is 4.59. The largest absolute Gasteiger partial charge is 0.491 e. The van der Waals surface area contributed by atoms with Gasteiger partial charge < -0.3 is 10.1 Å². The van der Waals surface area contributed by atoms with Crippen LogP contribution in [0.5, 0.6) is 5.75 Å². The summed E-state index contributed by atoms with van der Waals surface area (Å²) in [6.45, 7) is 3.87. The molecule has 3 rings (SSSR count). The average molecular weight is 471 g/mol. The lowest BCUT2D eigenvalue weighted by Crippen LogP contribution is -2.26. The maximum atomic E-state index is 12.9. The molecule has 32 heavy (non-hydrogen) atoms. The van der Waals surface area contributed by atoms with Gasteiger partial charge in [-0.1, -0.05) is 6.07 Å². The van der Waals surface area contributed by atoms with E-state index in [0.29, 0.717) is 22.7 Å². The number of carbonyl (C=O) groups is 1. The van der Waals surface area contributed by atoms with Crippen LogP contribution in [0.1, 0.15) is 24.2 Å². The molecule has 1 amide bonds. The molecule has 8 heteroatoms. The van der Waals surface area contributed by atoms with Crippen LogP contribution in [0.2, 0.25) is 0 Å². The van der Waals surface area contributed by atoms with E-state index in [1.54, 1.807) is 72.4 Å². The van der Waals surface area contributed by atoms with Gasteiger partial charge in [-0.3, -0.25) is 9.10 Å². The number of nitrogens with one attached hydrogen (secondary N) is 1. The second kappa shape index (κ2) is 10.1. The molecule has 1 N–H and O–H groups in total. The van der Waals surface area contributed by atoms with Crippen molar-refractivity contribution in [3.05, 3.63) is 78.4 Å². The van der Waals surface area contributed by atoms with Crippen molar-refractivity contribution in [3.8, 4) is 5.75 Å². The number of ether oxygens (including phenoxy) is 1.